The fraction of sp³-hybridized carbons (Fsp3) is 0.935. The molecule has 354 valence electrons. The molecule has 60 heavy (non-hydrogen) atoms. The monoisotopic (exact) mass is 862 g/mol. The number of hydrogen-bond donors (Lipinski definition) is 9. The Morgan fingerprint density at radius 1 is 0.583 bits per heavy atom. The number of hydrogen-bond acceptors (Lipinski definition) is 13. The van der Waals surface area contributed by atoms with Gasteiger partial charge in [-0.1, -0.05) is 167 Å². The minimum absolute atomic E-state index is 0.240. The van der Waals surface area contributed by atoms with Gasteiger partial charge in [-0.15, -0.1) is 0 Å². The first-order valence-electron chi connectivity index (χ1n) is 23.9. The summed E-state index contributed by atoms with van der Waals surface area (Å²) in [7, 11) is 0. The quantitative estimate of drug-likeness (QED) is 0.0292. The van der Waals surface area contributed by atoms with E-state index in [-0.39, 0.29) is 18.9 Å². The molecule has 14 nitrogen and oxygen atoms in total. The standard InChI is InChI=1S/C46H87NO13/c1-3-5-7-9-11-13-15-17-19-21-23-25-27-29-35(50)34(47-38(51)30-28-26-24-22-20-18-16-14-12-10-8-6-4-2)33-57-45-43(56)41(54)44(37(32-49)59-45)60-46-42(55)40(53)39(52)36(31-48)58-46/h27,29,34-37,39-46,48-50,52-56H,3-26,28,30-33H2,1-2H3,(H,47,51)/b29-27+/t34-,35+,36?,37?,39-,40?,41+,42-,43?,44+,45+,46-/m0/s1. The number of carbonyl (C=O) groups excluding carboxylic acids is 1. The van der Waals surface area contributed by atoms with Crippen LogP contribution in [0.1, 0.15) is 181 Å². The van der Waals surface area contributed by atoms with Crippen LogP contribution in [0.15, 0.2) is 12.2 Å². The zero-order chi connectivity index (χ0) is 44.0. The van der Waals surface area contributed by atoms with Crippen molar-refractivity contribution in [2.45, 2.75) is 254 Å². The van der Waals surface area contributed by atoms with Gasteiger partial charge >= 0.3 is 0 Å². The molecule has 12 atom stereocenters. The maximum atomic E-state index is 13.1. The molecular weight excluding hydrogens is 774 g/mol. The van der Waals surface area contributed by atoms with Crippen LogP contribution in [0.25, 0.3) is 0 Å². The smallest absolute Gasteiger partial charge is 0.220 e. The summed E-state index contributed by atoms with van der Waals surface area (Å²) < 4.78 is 22.6. The number of amides is 1. The van der Waals surface area contributed by atoms with Crippen molar-refractivity contribution in [1.82, 2.24) is 5.32 Å². The summed E-state index contributed by atoms with van der Waals surface area (Å²) in [6.45, 7) is 2.77. The highest BCUT2D eigenvalue weighted by Gasteiger charge is 2.51. The average Bonchev–Trinajstić information content (AvgIpc) is 3.24. The maximum absolute atomic E-state index is 13.1. The van der Waals surface area contributed by atoms with Crippen LogP contribution in [0.5, 0.6) is 0 Å². The number of ether oxygens (including phenoxy) is 4. The second-order valence-electron chi connectivity index (χ2n) is 17.2. The van der Waals surface area contributed by atoms with Crippen molar-refractivity contribution in [3.8, 4) is 0 Å². The molecule has 14 heteroatoms. The number of allylic oxidation sites excluding steroid dienone is 1. The minimum atomic E-state index is -1.78. The lowest BCUT2D eigenvalue weighted by molar-refractivity contribution is -0.359. The molecule has 0 aromatic rings. The zero-order valence-electron chi connectivity index (χ0n) is 37.2. The van der Waals surface area contributed by atoms with Crippen LogP contribution in [-0.2, 0) is 23.7 Å². The van der Waals surface area contributed by atoms with Crippen molar-refractivity contribution in [2.24, 2.45) is 0 Å². The summed E-state index contributed by atoms with van der Waals surface area (Å²) in [6, 6.07) is -0.906. The molecule has 2 fully saturated rings. The molecule has 0 aliphatic carbocycles. The van der Waals surface area contributed by atoms with E-state index < -0.39 is 86.8 Å². The van der Waals surface area contributed by atoms with Crippen molar-refractivity contribution < 1.29 is 64.6 Å². The zero-order valence-corrected chi connectivity index (χ0v) is 37.2. The van der Waals surface area contributed by atoms with E-state index in [1.165, 1.54) is 116 Å². The summed E-state index contributed by atoms with van der Waals surface area (Å²) in [5.74, 6) is -0.240. The third-order valence-electron chi connectivity index (χ3n) is 12.0. The molecule has 0 radical (unpaired) electrons. The van der Waals surface area contributed by atoms with E-state index in [1.54, 1.807) is 6.08 Å². The maximum Gasteiger partial charge on any atom is 0.220 e. The highest BCUT2D eigenvalue weighted by Crippen LogP contribution is 2.30. The number of carbonyl (C=O) groups is 1. The third kappa shape index (κ3) is 21.9. The highest BCUT2D eigenvalue weighted by atomic mass is 16.7. The van der Waals surface area contributed by atoms with Crippen LogP contribution < -0.4 is 5.32 Å². The molecule has 9 N–H and O–H groups in total. The van der Waals surface area contributed by atoms with E-state index in [0.29, 0.717) is 6.42 Å². The molecule has 4 unspecified atom stereocenters. The predicted octanol–water partition coefficient (Wildman–Crippen LogP) is 5.21. The topological polar surface area (TPSA) is 228 Å². The molecule has 2 heterocycles. The Hall–Kier alpha value is -1.27. The Morgan fingerprint density at radius 2 is 1.03 bits per heavy atom. The van der Waals surface area contributed by atoms with Crippen LogP contribution >= 0.6 is 0 Å². The number of rotatable bonds is 36. The first kappa shape index (κ1) is 54.9. The molecule has 0 aromatic carbocycles. The van der Waals surface area contributed by atoms with Crippen LogP contribution in [0, 0.1) is 0 Å². The first-order valence-corrected chi connectivity index (χ1v) is 23.9. The fourth-order valence-corrected chi connectivity index (χ4v) is 8.00. The SMILES string of the molecule is CCCCCCCCCCCCC/C=C/[C@@H](O)[C@H](CO[C@@H]1OC(CO)[C@@H](O[C@@H]2OC(CO)[C@H](O)C(O)[C@@H]2O)[C@H](O)C1O)NC(=O)CCCCCCCCCCCCCCC. The van der Waals surface area contributed by atoms with Crippen LogP contribution in [0.2, 0.25) is 0 Å². The Labute approximate surface area is 361 Å². The van der Waals surface area contributed by atoms with E-state index >= 15 is 0 Å². The highest BCUT2D eigenvalue weighted by molar-refractivity contribution is 5.76. The van der Waals surface area contributed by atoms with Crippen molar-refractivity contribution in [1.29, 1.82) is 0 Å². The summed E-state index contributed by atoms with van der Waals surface area (Å²) in [4.78, 5) is 13.1. The van der Waals surface area contributed by atoms with Crippen molar-refractivity contribution in [3.63, 3.8) is 0 Å². The Balaban J connectivity index is 1.89. The number of aliphatic hydroxyl groups is 8. The lowest BCUT2D eigenvalue weighted by atomic mass is 9.97. The van der Waals surface area contributed by atoms with Crippen LogP contribution in [0.4, 0.5) is 0 Å². The number of nitrogens with one attached hydrogen (secondary N) is 1. The summed E-state index contributed by atoms with van der Waals surface area (Å²) in [5.41, 5.74) is 0. The van der Waals surface area contributed by atoms with Gasteiger partial charge < -0.3 is 65.1 Å². The van der Waals surface area contributed by atoms with Gasteiger partial charge in [0.1, 0.15) is 48.8 Å². The second-order valence-corrected chi connectivity index (χ2v) is 17.2. The van der Waals surface area contributed by atoms with E-state index in [1.807, 2.05) is 6.08 Å². The van der Waals surface area contributed by atoms with Crippen molar-refractivity contribution >= 4 is 5.91 Å². The van der Waals surface area contributed by atoms with Gasteiger partial charge in [-0.2, -0.15) is 0 Å². The predicted molar refractivity (Wildman–Crippen MR) is 231 cm³/mol. The summed E-state index contributed by atoms with van der Waals surface area (Å²) >= 11 is 0. The molecular formula is C46H87NO13. The van der Waals surface area contributed by atoms with Gasteiger partial charge in [0.2, 0.25) is 5.91 Å². The molecule has 0 aromatic heterocycles. The minimum Gasteiger partial charge on any atom is -0.394 e. The van der Waals surface area contributed by atoms with Crippen LogP contribution in [-0.4, -0.2) is 140 Å². The van der Waals surface area contributed by atoms with Gasteiger partial charge in [-0.05, 0) is 19.3 Å². The Morgan fingerprint density at radius 3 is 1.53 bits per heavy atom. The van der Waals surface area contributed by atoms with Gasteiger partial charge in [0.15, 0.2) is 12.6 Å². The molecule has 2 saturated heterocycles. The van der Waals surface area contributed by atoms with Gasteiger partial charge in [-0.3, -0.25) is 4.79 Å². The third-order valence-corrected chi connectivity index (χ3v) is 12.0. The summed E-state index contributed by atoms with van der Waals surface area (Å²) in [5, 5.41) is 86.5. The number of aliphatic hydroxyl groups excluding tert-OH is 8. The van der Waals surface area contributed by atoms with E-state index in [0.717, 1.165) is 38.5 Å². The Bertz CT molecular complexity index is 1070. The van der Waals surface area contributed by atoms with Gasteiger partial charge in [0, 0.05) is 6.42 Å². The lowest BCUT2D eigenvalue weighted by Crippen LogP contribution is -2.65. The van der Waals surface area contributed by atoms with Crippen molar-refractivity contribution in [3.05, 3.63) is 12.2 Å². The van der Waals surface area contributed by atoms with Gasteiger partial charge in [0.05, 0.1) is 32.0 Å². The van der Waals surface area contributed by atoms with E-state index in [2.05, 4.69) is 19.2 Å². The fourth-order valence-electron chi connectivity index (χ4n) is 8.00. The summed E-state index contributed by atoms with van der Waals surface area (Å²) in [6.07, 6.45) is 16.8. The van der Waals surface area contributed by atoms with Gasteiger partial charge in [0.25, 0.3) is 0 Å². The molecule has 0 bridgehead atoms. The van der Waals surface area contributed by atoms with E-state index in [9.17, 15) is 45.6 Å². The molecule has 0 saturated carbocycles. The normalized spacial score (nSPS) is 28.3. The van der Waals surface area contributed by atoms with Crippen LogP contribution in [0.3, 0.4) is 0 Å². The molecule has 0 spiro atoms. The average molecular weight is 862 g/mol. The largest absolute Gasteiger partial charge is 0.394 e. The van der Waals surface area contributed by atoms with Crippen molar-refractivity contribution in [2.75, 3.05) is 19.8 Å². The Kier molecular flexibility index (Phi) is 31.3. The molecule has 2 rings (SSSR count). The number of unbranched alkanes of at least 4 members (excludes halogenated alkanes) is 23. The lowest BCUT2D eigenvalue weighted by Gasteiger charge is -2.46. The van der Waals surface area contributed by atoms with Gasteiger partial charge in [-0.25, -0.2) is 0 Å². The molecule has 2 aliphatic rings. The second kappa shape index (κ2) is 34.2. The molecule has 2 aliphatic heterocycles. The van der Waals surface area contributed by atoms with E-state index in [4.69, 9.17) is 18.9 Å². The molecule has 1 amide bonds. The first-order chi connectivity index (χ1) is 29.1.